The molecule has 0 heterocycles. The van der Waals surface area contributed by atoms with E-state index in [0.717, 1.165) is 6.42 Å². The number of amides is 1. The fourth-order valence-corrected chi connectivity index (χ4v) is 3.92. The number of rotatable bonds is 17. The lowest BCUT2D eigenvalue weighted by atomic mass is 10.0. The Morgan fingerprint density at radius 1 is 0.828 bits per heavy atom. The second-order valence-electron chi connectivity index (χ2n) is 7.88. The van der Waals surface area contributed by atoms with Crippen molar-refractivity contribution in [2.45, 2.75) is 103 Å². The van der Waals surface area contributed by atoms with E-state index in [2.05, 4.69) is 12.2 Å². The van der Waals surface area contributed by atoms with E-state index in [9.17, 15) is 4.79 Å². The molecular weight excluding hydrogens is 401 g/mol. The van der Waals surface area contributed by atoms with Crippen LogP contribution >= 0.6 is 23.2 Å². The predicted molar refractivity (Wildman–Crippen MR) is 128 cm³/mol. The molecule has 164 valence electrons. The second-order valence-corrected chi connectivity index (χ2v) is 8.73. The van der Waals surface area contributed by atoms with Gasteiger partial charge in [-0.2, -0.15) is 0 Å². The summed E-state index contributed by atoms with van der Waals surface area (Å²) < 4.78 is 0. The number of hydrogen-bond donors (Lipinski definition) is 1. The molecule has 0 aliphatic carbocycles. The van der Waals surface area contributed by atoms with Crippen LogP contribution < -0.4 is 5.32 Å². The number of unbranched alkanes of at least 4 members (excludes halogenated alkanes) is 14. The summed E-state index contributed by atoms with van der Waals surface area (Å²) in [7, 11) is 0. The van der Waals surface area contributed by atoms with Gasteiger partial charge in [-0.3, -0.25) is 4.79 Å². The minimum Gasteiger partial charge on any atom is -0.329 e. The van der Waals surface area contributed by atoms with Gasteiger partial charge in [0.25, 0.3) is 5.91 Å². The van der Waals surface area contributed by atoms with E-state index in [1.807, 2.05) is 6.08 Å². The van der Waals surface area contributed by atoms with Gasteiger partial charge < -0.3 is 5.32 Å². The maximum atomic E-state index is 12.0. The van der Waals surface area contributed by atoms with Crippen LogP contribution in [0.4, 0.5) is 0 Å². The highest BCUT2D eigenvalue weighted by Crippen LogP contribution is 2.20. The molecule has 2 nitrogen and oxygen atoms in total. The first-order chi connectivity index (χ1) is 14.1. The number of hydrogen-bond acceptors (Lipinski definition) is 1. The highest BCUT2D eigenvalue weighted by molar-refractivity contribution is 6.36. The molecule has 0 radical (unpaired) electrons. The van der Waals surface area contributed by atoms with Crippen LogP contribution in [0.5, 0.6) is 0 Å². The van der Waals surface area contributed by atoms with Gasteiger partial charge in [0.2, 0.25) is 0 Å². The lowest BCUT2D eigenvalue weighted by Crippen LogP contribution is -2.17. The molecular formula is C25H39Cl2NO. The Hall–Kier alpha value is -0.990. The third kappa shape index (κ3) is 13.8. The number of benzene rings is 1. The molecule has 1 amide bonds. The lowest BCUT2D eigenvalue weighted by Gasteiger charge is -2.03. The maximum Gasteiger partial charge on any atom is 0.256 e. The fraction of sp³-hybridized carbons (Fsp3) is 0.640. The van der Waals surface area contributed by atoms with Gasteiger partial charge in [-0.15, -0.1) is 0 Å². The quantitative estimate of drug-likeness (QED) is 0.240. The van der Waals surface area contributed by atoms with E-state index in [-0.39, 0.29) is 5.91 Å². The summed E-state index contributed by atoms with van der Waals surface area (Å²) in [6.07, 6.45) is 23.9. The molecule has 0 atom stereocenters. The summed E-state index contributed by atoms with van der Waals surface area (Å²) in [5, 5.41) is 3.66. The van der Waals surface area contributed by atoms with E-state index >= 15 is 0 Å². The van der Waals surface area contributed by atoms with Crippen LogP contribution in [0.2, 0.25) is 10.0 Å². The Labute approximate surface area is 188 Å². The largest absolute Gasteiger partial charge is 0.329 e. The molecule has 1 rings (SSSR count). The zero-order chi connectivity index (χ0) is 21.2. The van der Waals surface area contributed by atoms with Crippen LogP contribution in [0, 0.1) is 0 Å². The molecule has 0 aliphatic rings. The zero-order valence-corrected chi connectivity index (χ0v) is 19.7. The monoisotopic (exact) mass is 439 g/mol. The molecule has 1 aromatic rings. The molecule has 4 heteroatoms. The highest BCUT2D eigenvalue weighted by atomic mass is 35.5. The van der Waals surface area contributed by atoms with Gasteiger partial charge in [0.05, 0.1) is 10.6 Å². The standard InChI is InChI=1S/C25H39Cl2NO/c1-2-3-4-5-6-7-8-9-10-11-12-13-14-15-16-17-20-28-25(29)23-19-18-22(26)21-24(23)27/h17-21H,2-16H2,1H3,(H,28,29). The summed E-state index contributed by atoms with van der Waals surface area (Å²) in [6.45, 7) is 2.27. The summed E-state index contributed by atoms with van der Waals surface area (Å²) >= 11 is 11.9. The van der Waals surface area contributed by atoms with Crippen molar-refractivity contribution in [3.63, 3.8) is 0 Å². The molecule has 0 bridgehead atoms. The molecule has 0 fully saturated rings. The normalized spacial score (nSPS) is 11.3. The Morgan fingerprint density at radius 2 is 1.34 bits per heavy atom. The van der Waals surface area contributed by atoms with Crippen molar-refractivity contribution < 1.29 is 4.79 Å². The van der Waals surface area contributed by atoms with Gasteiger partial charge in [0.15, 0.2) is 0 Å². The number of allylic oxidation sites excluding steroid dienone is 1. The first-order valence-corrected chi connectivity index (χ1v) is 12.3. The van der Waals surface area contributed by atoms with Crippen molar-refractivity contribution in [2.24, 2.45) is 0 Å². The SMILES string of the molecule is CCCCCCCCCCCCCCCCC=CNC(=O)c1ccc(Cl)cc1Cl. The number of carbonyl (C=O) groups is 1. The van der Waals surface area contributed by atoms with Crippen LogP contribution in [0.25, 0.3) is 0 Å². The Bertz CT molecular complexity index is 586. The lowest BCUT2D eigenvalue weighted by molar-refractivity contribution is 0.0970. The fourth-order valence-electron chi connectivity index (χ4n) is 3.43. The van der Waals surface area contributed by atoms with E-state index in [4.69, 9.17) is 23.2 Å². The third-order valence-electron chi connectivity index (χ3n) is 5.23. The van der Waals surface area contributed by atoms with Crippen molar-refractivity contribution in [1.29, 1.82) is 0 Å². The first kappa shape index (κ1) is 26.0. The maximum absolute atomic E-state index is 12.0. The number of nitrogens with one attached hydrogen (secondary N) is 1. The number of carbonyl (C=O) groups excluding carboxylic acids is 1. The van der Waals surface area contributed by atoms with E-state index in [1.54, 1.807) is 24.4 Å². The van der Waals surface area contributed by atoms with Crippen LogP contribution in [0.3, 0.4) is 0 Å². The van der Waals surface area contributed by atoms with Crippen molar-refractivity contribution in [3.8, 4) is 0 Å². The number of halogens is 2. The Morgan fingerprint density at radius 3 is 1.86 bits per heavy atom. The second kappa shape index (κ2) is 17.8. The third-order valence-corrected chi connectivity index (χ3v) is 5.78. The summed E-state index contributed by atoms with van der Waals surface area (Å²) in [6, 6.07) is 4.89. The topological polar surface area (TPSA) is 29.1 Å². The minimum absolute atomic E-state index is 0.205. The van der Waals surface area contributed by atoms with Gasteiger partial charge in [0.1, 0.15) is 0 Å². The molecule has 0 saturated heterocycles. The van der Waals surface area contributed by atoms with E-state index < -0.39 is 0 Å². The van der Waals surface area contributed by atoms with Gasteiger partial charge in [-0.25, -0.2) is 0 Å². The Kier molecular flexibility index (Phi) is 16.0. The molecule has 0 aliphatic heterocycles. The molecule has 0 spiro atoms. The zero-order valence-electron chi connectivity index (χ0n) is 18.2. The average molecular weight is 440 g/mol. The van der Waals surface area contributed by atoms with Crippen LogP contribution in [-0.4, -0.2) is 5.91 Å². The van der Waals surface area contributed by atoms with Crippen molar-refractivity contribution in [2.75, 3.05) is 0 Å². The molecule has 29 heavy (non-hydrogen) atoms. The summed E-state index contributed by atoms with van der Waals surface area (Å²) in [5.41, 5.74) is 0.442. The van der Waals surface area contributed by atoms with Crippen LogP contribution in [0.15, 0.2) is 30.5 Å². The van der Waals surface area contributed by atoms with Gasteiger partial charge in [-0.1, -0.05) is 120 Å². The molecule has 0 unspecified atom stereocenters. The van der Waals surface area contributed by atoms with Gasteiger partial charge in [-0.05, 0) is 31.0 Å². The highest BCUT2D eigenvalue weighted by Gasteiger charge is 2.08. The van der Waals surface area contributed by atoms with Crippen molar-refractivity contribution in [3.05, 3.63) is 46.1 Å². The molecule has 1 aromatic carbocycles. The van der Waals surface area contributed by atoms with Gasteiger partial charge in [0, 0.05) is 11.2 Å². The average Bonchev–Trinajstić information content (AvgIpc) is 2.70. The smallest absolute Gasteiger partial charge is 0.256 e. The van der Waals surface area contributed by atoms with Crippen molar-refractivity contribution in [1.82, 2.24) is 5.32 Å². The first-order valence-electron chi connectivity index (χ1n) is 11.6. The van der Waals surface area contributed by atoms with Crippen LogP contribution in [-0.2, 0) is 0 Å². The summed E-state index contributed by atoms with van der Waals surface area (Å²) in [5.74, 6) is -0.205. The minimum atomic E-state index is -0.205. The predicted octanol–water partition coefficient (Wildman–Crippen LogP) is 9.11. The Balaban J connectivity index is 1.90. The summed E-state index contributed by atoms with van der Waals surface area (Å²) in [4.78, 5) is 12.0. The van der Waals surface area contributed by atoms with E-state index in [1.165, 1.54) is 89.9 Å². The van der Waals surface area contributed by atoms with Crippen LogP contribution in [0.1, 0.15) is 114 Å². The van der Waals surface area contributed by atoms with Gasteiger partial charge >= 0.3 is 0 Å². The molecule has 1 N–H and O–H groups in total. The van der Waals surface area contributed by atoms with E-state index in [0.29, 0.717) is 15.6 Å². The van der Waals surface area contributed by atoms with Crippen molar-refractivity contribution >= 4 is 29.1 Å². The molecule has 0 saturated carbocycles. The molecule has 0 aromatic heterocycles.